The second kappa shape index (κ2) is 7.32. The number of rotatable bonds is 6. The van der Waals surface area contributed by atoms with Crippen LogP contribution in [-0.2, 0) is 6.18 Å². The topological polar surface area (TPSA) is 47.3 Å². The van der Waals surface area contributed by atoms with Crippen LogP contribution in [0.25, 0.3) is 0 Å². The average molecular weight is 300 g/mol. The van der Waals surface area contributed by atoms with Gasteiger partial charge in [0.15, 0.2) is 0 Å². The fraction of sp³-hybridized carbons (Fsp3) is 0.533. The average Bonchev–Trinajstić information content (AvgIpc) is 2.46. The minimum atomic E-state index is -4.47. The minimum Gasteiger partial charge on any atom is -0.395 e. The van der Waals surface area contributed by atoms with Crippen LogP contribution in [-0.4, -0.2) is 24.3 Å². The van der Waals surface area contributed by atoms with E-state index in [2.05, 4.69) is 0 Å². The third-order valence-corrected chi connectivity index (χ3v) is 3.48. The van der Waals surface area contributed by atoms with Gasteiger partial charge in [-0.05, 0) is 31.0 Å². The van der Waals surface area contributed by atoms with Crippen LogP contribution in [0.2, 0.25) is 0 Å². The predicted molar refractivity (Wildman–Crippen MR) is 75.0 cm³/mol. The van der Waals surface area contributed by atoms with Gasteiger partial charge in [0.1, 0.15) is 6.07 Å². The second-order valence-electron chi connectivity index (χ2n) is 4.73. The summed E-state index contributed by atoms with van der Waals surface area (Å²) >= 11 is 0. The molecule has 0 atom stereocenters. The van der Waals surface area contributed by atoms with E-state index in [9.17, 15) is 18.3 Å². The van der Waals surface area contributed by atoms with E-state index in [1.807, 2.05) is 19.9 Å². The fourth-order valence-electron chi connectivity index (χ4n) is 2.39. The molecule has 0 amide bonds. The van der Waals surface area contributed by atoms with Crippen molar-refractivity contribution in [1.82, 2.24) is 0 Å². The van der Waals surface area contributed by atoms with E-state index in [0.29, 0.717) is 5.69 Å². The van der Waals surface area contributed by atoms with Gasteiger partial charge < -0.3 is 10.0 Å². The third kappa shape index (κ3) is 4.11. The Labute approximate surface area is 122 Å². The molecule has 0 saturated carbocycles. The van der Waals surface area contributed by atoms with Crippen LogP contribution >= 0.6 is 0 Å². The zero-order chi connectivity index (χ0) is 16.0. The Morgan fingerprint density at radius 1 is 1.29 bits per heavy atom. The van der Waals surface area contributed by atoms with Crippen LogP contribution in [0.15, 0.2) is 18.2 Å². The molecular formula is C15H19F3N2O. The molecule has 1 rings (SSSR count). The SMILES string of the molecule is CCC(CC)N(CCO)c1ccc(C(F)(F)F)cc1C#N. The molecule has 116 valence electrons. The molecule has 1 N–H and O–H groups in total. The lowest BCUT2D eigenvalue weighted by Gasteiger charge is -2.33. The van der Waals surface area contributed by atoms with Gasteiger partial charge in [0.05, 0.1) is 23.4 Å². The minimum absolute atomic E-state index is 0.0230. The Morgan fingerprint density at radius 2 is 1.90 bits per heavy atom. The summed E-state index contributed by atoms with van der Waals surface area (Å²) in [6.07, 6.45) is -2.91. The summed E-state index contributed by atoms with van der Waals surface area (Å²) in [5.74, 6) is 0. The molecule has 0 aliphatic rings. The van der Waals surface area contributed by atoms with E-state index in [1.54, 1.807) is 4.90 Å². The van der Waals surface area contributed by atoms with Crippen molar-refractivity contribution in [3.8, 4) is 6.07 Å². The zero-order valence-corrected chi connectivity index (χ0v) is 12.1. The van der Waals surface area contributed by atoms with E-state index in [4.69, 9.17) is 5.26 Å². The second-order valence-corrected chi connectivity index (χ2v) is 4.73. The van der Waals surface area contributed by atoms with Crippen LogP contribution in [0.4, 0.5) is 18.9 Å². The van der Waals surface area contributed by atoms with Crippen LogP contribution in [0.1, 0.15) is 37.8 Å². The van der Waals surface area contributed by atoms with Crippen LogP contribution < -0.4 is 4.90 Å². The molecule has 0 bridgehead atoms. The number of anilines is 1. The smallest absolute Gasteiger partial charge is 0.395 e. The van der Waals surface area contributed by atoms with Gasteiger partial charge in [-0.2, -0.15) is 18.4 Å². The molecule has 0 aromatic heterocycles. The van der Waals surface area contributed by atoms with E-state index in [-0.39, 0.29) is 24.8 Å². The molecular weight excluding hydrogens is 281 g/mol. The molecule has 0 aliphatic heterocycles. The van der Waals surface area contributed by atoms with Crippen molar-refractivity contribution >= 4 is 5.69 Å². The highest BCUT2D eigenvalue weighted by atomic mass is 19.4. The highest BCUT2D eigenvalue weighted by Crippen LogP contribution is 2.33. The first-order chi connectivity index (χ1) is 9.88. The summed E-state index contributed by atoms with van der Waals surface area (Å²) in [4.78, 5) is 1.80. The Bertz CT molecular complexity index is 505. The van der Waals surface area contributed by atoms with Gasteiger partial charge in [-0.3, -0.25) is 0 Å². The molecule has 0 unspecified atom stereocenters. The number of alkyl halides is 3. The lowest BCUT2D eigenvalue weighted by Crippen LogP contribution is -2.37. The Kier molecular flexibility index (Phi) is 6.03. The summed E-state index contributed by atoms with van der Waals surface area (Å²) in [7, 11) is 0. The van der Waals surface area contributed by atoms with Crippen molar-refractivity contribution < 1.29 is 18.3 Å². The fourth-order valence-corrected chi connectivity index (χ4v) is 2.39. The summed E-state index contributed by atoms with van der Waals surface area (Å²) in [5, 5.41) is 18.3. The first-order valence-corrected chi connectivity index (χ1v) is 6.87. The molecule has 0 heterocycles. The molecule has 6 heteroatoms. The van der Waals surface area contributed by atoms with Gasteiger partial charge in [0, 0.05) is 12.6 Å². The van der Waals surface area contributed by atoms with Crippen LogP contribution in [0, 0.1) is 11.3 Å². The Balaban J connectivity index is 3.29. The number of aliphatic hydroxyl groups is 1. The van der Waals surface area contributed by atoms with Gasteiger partial charge >= 0.3 is 6.18 Å². The molecule has 0 saturated heterocycles. The van der Waals surface area contributed by atoms with Crippen LogP contribution in [0.3, 0.4) is 0 Å². The number of nitriles is 1. The van der Waals surface area contributed by atoms with Crippen molar-refractivity contribution in [3.63, 3.8) is 0 Å². The molecule has 0 aliphatic carbocycles. The largest absolute Gasteiger partial charge is 0.416 e. The quantitative estimate of drug-likeness (QED) is 0.873. The van der Waals surface area contributed by atoms with Crippen molar-refractivity contribution in [1.29, 1.82) is 5.26 Å². The van der Waals surface area contributed by atoms with Gasteiger partial charge in [-0.25, -0.2) is 0 Å². The molecule has 0 radical (unpaired) electrons. The standard InChI is InChI=1S/C15H19F3N2O/c1-3-13(4-2)20(7-8-21)14-6-5-12(15(16,17)18)9-11(14)10-19/h5-6,9,13,21H,3-4,7-8H2,1-2H3. The highest BCUT2D eigenvalue weighted by molar-refractivity contribution is 5.61. The number of nitrogens with zero attached hydrogens (tertiary/aromatic N) is 2. The van der Waals surface area contributed by atoms with Gasteiger partial charge in [-0.1, -0.05) is 13.8 Å². The first-order valence-electron chi connectivity index (χ1n) is 6.87. The summed E-state index contributed by atoms with van der Waals surface area (Å²) < 4.78 is 38.1. The van der Waals surface area contributed by atoms with Crippen molar-refractivity contribution in [2.45, 2.75) is 38.9 Å². The van der Waals surface area contributed by atoms with Crippen LogP contribution in [0.5, 0.6) is 0 Å². The predicted octanol–water partition coefficient (Wildman–Crippen LogP) is 3.56. The van der Waals surface area contributed by atoms with E-state index in [1.165, 1.54) is 6.07 Å². The summed E-state index contributed by atoms with van der Waals surface area (Å²) in [6, 6.07) is 5.05. The number of hydrogen-bond donors (Lipinski definition) is 1. The maximum Gasteiger partial charge on any atom is 0.416 e. The normalized spacial score (nSPS) is 11.5. The Hall–Kier alpha value is -1.74. The van der Waals surface area contributed by atoms with Gasteiger partial charge in [0.25, 0.3) is 0 Å². The molecule has 3 nitrogen and oxygen atoms in total. The third-order valence-electron chi connectivity index (χ3n) is 3.48. The zero-order valence-electron chi connectivity index (χ0n) is 12.1. The van der Waals surface area contributed by atoms with Crippen molar-refractivity contribution in [2.24, 2.45) is 0 Å². The van der Waals surface area contributed by atoms with Crippen molar-refractivity contribution in [2.75, 3.05) is 18.1 Å². The van der Waals surface area contributed by atoms with E-state index >= 15 is 0 Å². The molecule has 1 aromatic rings. The van der Waals surface area contributed by atoms with Gasteiger partial charge in [-0.15, -0.1) is 0 Å². The molecule has 0 spiro atoms. The first kappa shape index (κ1) is 17.3. The monoisotopic (exact) mass is 300 g/mol. The van der Waals surface area contributed by atoms with Gasteiger partial charge in [0.2, 0.25) is 0 Å². The molecule has 21 heavy (non-hydrogen) atoms. The Morgan fingerprint density at radius 3 is 2.33 bits per heavy atom. The maximum atomic E-state index is 12.7. The maximum absolute atomic E-state index is 12.7. The number of hydrogen-bond acceptors (Lipinski definition) is 3. The molecule has 0 fully saturated rings. The lowest BCUT2D eigenvalue weighted by atomic mass is 10.0. The summed E-state index contributed by atoms with van der Waals surface area (Å²) in [6.45, 7) is 4.10. The number of halogens is 3. The van der Waals surface area contributed by atoms with Crippen molar-refractivity contribution in [3.05, 3.63) is 29.3 Å². The number of aliphatic hydroxyl groups excluding tert-OH is 1. The highest BCUT2D eigenvalue weighted by Gasteiger charge is 2.31. The van der Waals surface area contributed by atoms with E-state index in [0.717, 1.165) is 25.0 Å². The van der Waals surface area contributed by atoms with E-state index < -0.39 is 11.7 Å². The summed E-state index contributed by atoms with van der Waals surface area (Å²) in [5.41, 5.74) is -0.422. The molecule has 1 aromatic carbocycles. The number of benzene rings is 1. The lowest BCUT2D eigenvalue weighted by molar-refractivity contribution is -0.137.